The predicted octanol–water partition coefficient (Wildman–Crippen LogP) is 8.38. The SMILES string of the molecule is CCCCCCCPC(c1ccccc1)(c1ccccc1)C(C)c1ccccc1. The average Bonchev–Trinajstić information content (AvgIpc) is 2.80. The zero-order chi connectivity index (χ0) is 20.4. The summed E-state index contributed by atoms with van der Waals surface area (Å²) in [7, 11) is 0.866. The van der Waals surface area contributed by atoms with Crippen molar-refractivity contribution in [2.45, 2.75) is 57.0 Å². The summed E-state index contributed by atoms with van der Waals surface area (Å²) >= 11 is 0. The average molecular weight is 403 g/mol. The highest BCUT2D eigenvalue weighted by Gasteiger charge is 2.39. The van der Waals surface area contributed by atoms with Gasteiger partial charge in [-0.05, 0) is 35.2 Å². The van der Waals surface area contributed by atoms with E-state index in [1.165, 1.54) is 55.0 Å². The quantitative estimate of drug-likeness (QED) is 0.223. The molecule has 0 radical (unpaired) electrons. The van der Waals surface area contributed by atoms with Crippen molar-refractivity contribution in [3.8, 4) is 0 Å². The Bertz CT molecular complexity index is 771. The summed E-state index contributed by atoms with van der Waals surface area (Å²) in [5.74, 6) is 0.419. The fourth-order valence-electron chi connectivity index (χ4n) is 4.43. The van der Waals surface area contributed by atoms with Crippen LogP contribution < -0.4 is 0 Å². The van der Waals surface area contributed by atoms with Gasteiger partial charge >= 0.3 is 0 Å². The molecule has 0 saturated carbocycles. The van der Waals surface area contributed by atoms with Crippen LogP contribution in [0.15, 0.2) is 91.0 Å². The highest BCUT2D eigenvalue weighted by molar-refractivity contribution is 7.40. The summed E-state index contributed by atoms with van der Waals surface area (Å²) in [4.78, 5) is 0. The predicted molar refractivity (Wildman–Crippen MR) is 130 cm³/mol. The van der Waals surface area contributed by atoms with Gasteiger partial charge in [0.2, 0.25) is 0 Å². The van der Waals surface area contributed by atoms with Gasteiger partial charge in [-0.2, -0.15) is 0 Å². The normalized spacial score (nSPS) is 13.0. The maximum Gasteiger partial charge on any atom is 0.0438 e. The molecule has 0 amide bonds. The van der Waals surface area contributed by atoms with Crippen molar-refractivity contribution in [3.05, 3.63) is 108 Å². The molecule has 152 valence electrons. The largest absolute Gasteiger partial charge is 0.106 e. The lowest BCUT2D eigenvalue weighted by molar-refractivity contribution is 0.593. The van der Waals surface area contributed by atoms with Crippen LogP contribution in [0.3, 0.4) is 0 Å². The second-order valence-corrected chi connectivity index (χ2v) is 9.66. The second-order valence-electron chi connectivity index (χ2n) is 8.01. The highest BCUT2D eigenvalue weighted by atomic mass is 31.1. The van der Waals surface area contributed by atoms with Crippen molar-refractivity contribution in [1.82, 2.24) is 0 Å². The number of benzene rings is 3. The summed E-state index contributed by atoms with van der Waals surface area (Å²) in [6.07, 6.45) is 8.04. The van der Waals surface area contributed by atoms with Crippen molar-refractivity contribution in [2.24, 2.45) is 0 Å². The summed E-state index contributed by atoms with van der Waals surface area (Å²) in [6.45, 7) is 4.72. The fraction of sp³-hybridized carbons (Fsp3) is 0.357. The number of hydrogen-bond donors (Lipinski definition) is 0. The monoisotopic (exact) mass is 402 g/mol. The molecule has 29 heavy (non-hydrogen) atoms. The van der Waals surface area contributed by atoms with Gasteiger partial charge in [0.25, 0.3) is 0 Å². The molecule has 0 nitrogen and oxygen atoms in total. The summed E-state index contributed by atoms with van der Waals surface area (Å²) in [6, 6.07) is 33.6. The Morgan fingerprint density at radius 2 is 1.14 bits per heavy atom. The zero-order valence-electron chi connectivity index (χ0n) is 18.0. The molecule has 0 aliphatic carbocycles. The molecule has 0 heterocycles. The molecule has 0 fully saturated rings. The van der Waals surface area contributed by atoms with Crippen LogP contribution in [0.1, 0.15) is 68.6 Å². The van der Waals surface area contributed by atoms with Gasteiger partial charge in [0, 0.05) is 5.16 Å². The number of unbranched alkanes of at least 4 members (excludes halogenated alkanes) is 4. The van der Waals surface area contributed by atoms with E-state index in [2.05, 4.69) is 105 Å². The van der Waals surface area contributed by atoms with Crippen LogP contribution >= 0.6 is 8.58 Å². The van der Waals surface area contributed by atoms with Crippen LogP contribution in [0, 0.1) is 0 Å². The van der Waals surface area contributed by atoms with E-state index < -0.39 is 0 Å². The van der Waals surface area contributed by atoms with E-state index >= 15 is 0 Å². The topological polar surface area (TPSA) is 0 Å². The van der Waals surface area contributed by atoms with Crippen molar-refractivity contribution in [1.29, 1.82) is 0 Å². The van der Waals surface area contributed by atoms with E-state index in [4.69, 9.17) is 0 Å². The van der Waals surface area contributed by atoms with E-state index in [1.807, 2.05) is 0 Å². The fourth-order valence-corrected chi connectivity index (χ4v) is 6.47. The minimum atomic E-state index is 0.0225. The first-order valence-electron chi connectivity index (χ1n) is 11.2. The summed E-state index contributed by atoms with van der Waals surface area (Å²) < 4.78 is 0. The number of rotatable bonds is 11. The molecular formula is C28H35P. The molecule has 0 saturated heterocycles. The van der Waals surface area contributed by atoms with E-state index in [-0.39, 0.29) is 5.16 Å². The van der Waals surface area contributed by atoms with Crippen molar-refractivity contribution in [2.75, 3.05) is 6.16 Å². The summed E-state index contributed by atoms with van der Waals surface area (Å²) in [5, 5.41) is 0.0225. The van der Waals surface area contributed by atoms with E-state index in [0.717, 1.165) is 8.58 Å². The van der Waals surface area contributed by atoms with Gasteiger partial charge in [0.1, 0.15) is 0 Å². The first kappa shape index (κ1) is 21.8. The van der Waals surface area contributed by atoms with E-state index in [9.17, 15) is 0 Å². The highest BCUT2D eigenvalue weighted by Crippen LogP contribution is 2.56. The lowest BCUT2D eigenvalue weighted by atomic mass is 9.77. The molecule has 3 aromatic rings. The minimum absolute atomic E-state index is 0.0225. The molecule has 2 atom stereocenters. The molecule has 3 aromatic carbocycles. The van der Waals surface area contributed by atoms with Crippen LogP contribution in [-0.2, 0) is 5.16 Å². The van der Waals surface area contributed by atoms with Crippen LogP contribution in [0.5, 0.6) is 0 Å². The Morgan fingerprint density at radius 3 is 1.66 bits per heavy atom. The zero-order valence-corrected chi connectivity index (χ0v) is 19.0. The van der Waals surface area contributed by atoms with E-state index in [1.54, 1.807) is 0 Å². The van der Waals surface area contributed by atoms with Crippen molar-refractivity contribution >= 4 is 8.58 Å². The molecule has 0 N–H and O–H groups in total. The molecule has 1 heteroatoms. The maximum atomic E-state index is 2.43. The van der Waals surface area contributed by atoms with E-state index in [0.29, 0.717) is 5.92 Å². The first-order valence-corrected chi connectivity index (χ1v) is 12.4. The van der Waals surface area contributed by atoms with Gasteiger partial charge in [-0.25, -0.2) is 0 Å². The molecule has 0 bridgehead atoms. The van der Waals surface area contributed by atoms with Crippen LogP contribution in [0.4, 0.5) is 0 Å². The number of hydrogen-bond acceptors (Lipinski definition) is 0. The van der Waals surface area contributed by atoms with Gasteiger partial charge in [-0.15, -0.1) is 8.58 Å². The van der Waals surface area contributed by atoms with Gasteiger partial charge < -0.3 is 0 Å². The molecule has 0 aliphatic heterocycles. The van der Waals surface area contributed by atoms with Gasteiger partial charge in [0.15, 0.2) is 0 Å². The van der Waals surface area contributed by atoms with Crippen LogP contribution in [0.2, 0.25) is 0 Å². The maximum absolute atomic E-state index is 2.43. The first-order chi connectivity index (χ1) is 14.3. The Hall–Kier alpha value is -1.91. The Kier molecular flexibility index (Phi) is 8.51. The smallest absolute Gasteiger partial charge is 0.0438 e. The molecule has 0 aliphatic rings. The lowest BCUT2D eigenvalue weighted by Crippen LogP contribution is -2.29. The Morgan fingerprint density at radius 1 is 0.655 bits per heavy atom. The van der Waals surface area contributed by atoms with Crippen molar-refractivity contribution < 1.29 is 0 Å². The standard InChI is InChI=1S/C28H35P/c1-3-4-5-6-16-23-29-28(26-19-12-8-13-20-26,27-21-14-9-15-22-27)24(2)25-17-10-7-11-18-25/h7-15,17-22,24,29H,3-6,16,23H2,1-2H3. The summed E-state index contributed by atoms with van der Waals surface area (Å²) in [5.41, 5.74) is 4.34. The third-order valence-electron chi connectivity index (χ3n) is 6.09. The molecule has 2 unspecified atom stereocenters. The molecular weight excluding hydrogens is 367 g/mol. The Labute approximate surface area is 179 Å². The second kappa shape index (κ2) is 11.3. The molecule has 3 rings (SSSR count). The van der Waals surface area contributed by atoms with Crippen molar-refractivity contribution in [3.63, 3.8) is 0 Å². The Balaban J connectivity index is 2.00. The molecule has 0 spiro atoms. The van der Waals surface area contributed by atoms with Gasteiger partial charge in [-0.3, -0.25) is 0 Å². The molecule has 0 aromatic heterocycles. The van der Waals surface area contributed by atoms with Gasteiger partial charge in [0.05, 0.1) is 0 Å². The lowest BCUT2D eigenvalue weighted by Gasteiger charge is -2.41. The third-order valence-corrected chi connectivity index (χ3v) is 8.26. The van der Waals surface area contributed by atoms with Gasteiger partial charge in [-0.1, -0.05) is 131 Å². The van der Waals surface area contributed by atoms with Crippen LogP contribution in [-0.4, -0.2) is 6.16 Å². The third kappa shape index (κ3) is 5.37. The minimum Gasteiger partial charge on any atom is -0.106 e. The van der Waals surface area contributed by atoms with Crippen LogP contribution in [0.25, 0.3) is 0 Å².